The van der Waals surface area contributed by atoms with Gasteiger partial charge in [-0.15, -0.1) is 0 Å². The Hall–Kier alpha value is -1.32. The van der Waals surface area contributed by atoms with Crippen LogP contribution in [0.1, 0.15) is 6.92 Å². The molecule has 4 heteroatoms. The van der Waals surface area contributed by atoms with Crippen LogP contribution in [-0.4, -0.2) is 37.9 Å². The lowest BCUT2D eigenvalue weighted by Gasteiger charge is -2.07. The van der Waals surface area contributed by atoms with Gasteiger partial charge in [0, 0.05) is 20.3 Å². The monoisotopic (exact) mass is 171 g/mol. The summed E-state index contributed by atoms with van der Waals surface area (Å²) in [6, 6.07) is 0. The summed E-state index contributed by atoms with van der Waals surface area (Å²) in [4.78, 5) is 23.5. The van der Waals surface area contributed by atoms with Crippen molar-refractivity contribution < 1.29 is 14.3 Å². The third-order valence-electron chi connectivity index (χ3n) is 1.17. The molecule has 68 valence electrons. The SMILES string of the molecule is COC(=O)/C(=C\N(C)C)C(C)=O. The summed E-state index contributed by atoms with van der Waals surface area (Å²) in [5.41, 5.74) is 0.0579. The second kappa shape index (κ2) is 4.54. The highest BCUT2D eigenvalue weighted by molar-refractivity contribution is 6.16. The predicted octanol–water partition coefficient (Wildman–Crippen LogP) is 0.194. The van der Waals surface area contributed by atoms with Gasteiger partial charge in [-0.25, -0.2) is 4.79 Å². The quantitative estimate of drug-likeness (QED) is 0.263. The van der Waals surface area contributed by atoms with Gasteiger partial charge >= 0.3 is 5.97 Å². The first-order valence-electron chi connectivity index (χ1n) is 3.46. The van der Waals surface area contributed by atoms with Crippen LogP contribution in [0.3, 0.4) is 0 Å². The molecular formula is C8H13NO3. The molecule has 0 N–H and O–H groups in total. The Balaban J connectivity index is 4.67. The standard InChI is InChI=1S/C8H13NO3/c1-6(10)7(5-9(2)3)8(11)12-4/h5H,1-4H3/b7-5-. The first-order chi connectivity index (χ1) is 5.49. The Kier molecular flexibility index (Phi) is 4.04. The van der Waals surface area contributed by atoms with Crippen molar-refractivity contribution in [3.8, 4) is 0 Å². The number of carbonyl (C=O) groups excluding carboxylic acids is 2. The zero-order valence-electron chi connectivity index (χ0n) is 7.75. The zero-order valence-corrected chi connectivity index (χ0v) is 7.75. The summed E-state index contributed by atoms with van der Waals surface area (Å²) in [7, 11) is 4.70. The van der Waals surface area contributed by atoms with Crippen molar-refractivity contribution in [3.63, 3.8) is 0 Å². The molecule has 0 radical (unpaired) electrons. The van der Waals surface area contributed by atoms with E-state index in [9.17, 15) is 9.59 Å². The van der Waals surface area contributed by atoms with E-state index in [1.165, 1.54) is 20.2 Å². The lowest BCUT2D eigenvalue weighted by Crippen LogP contribution is -2.15. The maximum Gasteiger partial charge on any atom is 0.342 e. The Morgan fingerprint density at radius 1 is 1.33 bits per heavy atom. The predicted molar refractivity (Wildman–Crippen MR) is 44.5 cm³/mol. The first kappa shape index (κ1) is 10.7. The fourth-order valence-corrected chi connectivity index (χ4v) is 0.655. The second-order valence-corrected chi connectivity index (χ2v) is 2.55. The summed E-state index contributed by atoms with van der Waals surface area (Å²) in [6.07, 6.45) is 1.44. The number of hydrogen-bond donors (Lipinski definition) is 0. The summed E-state index contributed by atoms with van der Waals surface area (Å²) in [5, 5.41) is 0. The molecule has 0 rings (SSSR count). The summed E-state index contributed by atoms with van der Waals surface area (Å²) >= 11 is 0. The van der Waals surface area contributed by atoms with Crippen LogP contribution in [0.25, 0.3) is 0 Å². The topological polar surface area (TPSA) is 46.6 Å². The van der Waals surface area contributed by atoms with Gasteiger partial charge in [-0.2, -0.15) is 0 Å². The Morgan fingerprint density at radius 3 is 2.08 bits per heavy atom. The molecular weight excluding hydrogens is 158 g/mol. The van der Waals surface area contributed by atoms with Gasteiger partial charge in [0.05, 0.1) is 7.11 Å². The molecule has 0 amide bonds. The molecule has 12 heavy (non-hydrogen) atoms. The van der Waals surface area contributed by atoms with E-state index in [2.05, 4.69) is 4.74 Å². The van der Waals surface area contributed by atoms with Crippen molar-refractivity contribution in [2.45, 2.75) is 6.92 Å². The largest absolute Gasteiger partial charge is 0.465 e. The van der Waals surface area contributed by atoms with E-state index in [1.807, 2.05) is 0 Å². The molecule has 0 unspecified atom stereocenters. The van der Waals surface area contributed by atoms with Gasteiger partial charge in [-0.05, 0) is 6.92 Å². The lowest BCUT2D eigenvalue weighted by atomic mass is 10.2. The van der Waals surface area contributed by atoms with Gasteiger partial charge in [-0.1, -0.05) is 0 Å². The Morgan fingerprint density at radius 2 is 1.83 bits per heavy atom. The van der Waals surface area contributed by atoms with Crippen LogP contribution in [-0.2, 0) is 14.3 Å². The number of methoxy groups -OCH3 is 1. The van der Waals surface area contributed by atoms with E-state index >= 15 is 0 Å². The van der Waals surface area contributed by atoms with E-state index in [0.29, 0.717) is 0 Å². The fourth-order valence-electron chi connectivity index (χ4n) is 0.655. The molecule has 0 aliphatic heterocycles. The zero-order chi connectivity index (χ0) is 9.72. The van der Waals surface area contributed by atoms with Crippen molar-refractivity contribution in [1.29, 1.82) is 0 Å². The number of ether oxygens (including phenoxy) is 1. The molecule has 0 spiro atoms. The molecule has 0 atom stereocenters. The number of esters is 1. The molecule has 0 saturated carbocycles. The number of rotatable bonds is 3. The molecule has 0 aromatic carbocycles. The summed E-state index contributed by atoms with van der Waals surface area (Å²) < 4.78 is 4.42. The second-order valence-electron chi connectivity index (χ2n) is 2.55. The minimum absolute atomic E-state index is 0.0579. The normalized spacial score (nSPS) is 10.8. The lowest BCUT2D eigenvalue weighted by molar-refractivity contribution is -0.137. The van der Waals surface area contributed by atoms with Crippen molar-refractivity contribution >= 4 is 11.8 Å². The van der Waals surface area contributed by atoms with Crippen molar-refractivity contribution in [2.75, 3.05) is 21.2 Å². The van der Waals surface area contributed by atoms with E-state index < -0.39 is 5.97 Å². The van der Waals surface area contributed by atoms with Crippen LogP contribution < -0.4 is 0 Å². The highest BCUT2D eigenvalue weighted by Gasteiger charge is 2.14. The molecule has 0 aromatic heterocycles. The van der Waals surface area contributed by atoms with Gasteiger partial charge in [0.1, 0.15) is 5.57 Å². The average molecular weight is 171 g/mol. The third-order valence-corrected chi connectivity index (χ3v) is 1.17. The minimum Gasteiger partial charge on any atom is -0.465 e. The van der Waals surface area contributed by atoms with Crippen LogP contribution in [0.4, 0.5) is 0 Å². The van der Waals surface area contributed by atoms with Crippen LogP contribution in [0, 0.1) is 0 Å². The molecule has 0 saturated heterocycles. The fraction of sp³-hybridized carbons (Fsp3) is 0.500. The van der Waals surface area contributed by atoms with E-state index in [1.54, 1.807) is 19.0 Å². The van der Waals surface area contributed by atoms with E-state index in [4.69, 9.17) is 0 Å². The number of ketones is 1. The van der Waals surface area contributed by atoms with E-state index in [-0.39, 0.29) is 11.4 Å². The van der Waals surface area contributed by atoms with Crippen molar-refractivity contribution in [2.24, 2.45) is 0 Å². The van der Waals surface area contributed by atoms with Gasteiger partial charge in [0.15, 0.2) is 5.78 Å². The molecule has 0 bridgehead atoms. The summed E-state index contributed by atoms with van der Waals surface area (Å²) in [6.45, 7) is 1.33. The minimum atomic E-state index is -0.601. The first-order valence-corrected chi connectivity index (χ1v) is 3.46. The van der Waals surface area contributed by atoms with Gasteiger partial charge < -0.3 is 9.64 Å². The molecule has 0 heterocycles. The number of Topliss-reactive ketones (excluding diaryl/α,β-unsaturated/α-hetero) is 1. The Bertz CT molecular complexity index is 218. The highest BCUT2D eigenvalue weighted by Crippen LogP contribution is 1.99. The molecule has 0 aromatic rings. The Labute approximate surface area is 71.8 Å². The van der Waals surface area contributed by atoms with Crippen LogP contribution in [0.2, 0.25) is 0 Å². The number of carbonyl (C=O) groups is 2. The number of hydrogen-bond acceptors (Lipinski definition) is 4. The third kappa shape index (κ3) is 3.18. The van der Waals surface area contributed by atoms with Gasteiger partial charge in [0.25, 0.3) is 0 Å². The van der Waals surface area contributed by atoms with Gasteiger partial charge in [0.2, 0.25) is 0 Å². The molecule has 4 nitrogen and oxygen atoms in total. The molecule has 0 aliphatic rings. The molecule has 0 fully saturated rings. The molecule has 0 aliphatic carbocycles. The van der Waals surface area contributed by atoms with Crippen LogP contribution >= 0.6 is 0 Å². The van der Waals surface area contributed by atoms with Crippen LogP contribution in [0.5, 0.6) is 0 Å². The van der Waals surface area contributed by atoms with Crippen molar-refractivity contribution in [1.82, 2.24) is 4.90 Å². The number of nitrogens with zero attached hydrogens (tertiary/aromatic N) is 1. The van der Waals surface area contributed by atoms with E-state index in [0.717, 1.165) is 0 Å². The maximum absolute atomic E-state index is 11.0. The van der Waals surface area contributed by atoms with Crippen LogP contribution in [0.15, 0.2) is 11.8 Å². The summed E-state index contributed by atoms with van der Waals surface area (Å²) in [5.74, 6) is -0.897. The maximum atomic E-state index is 11.0. The smallest absolute Gasteiger partial charge is 0.342 e. The van der Waals surface area contributed by atoms with Crippen molar-refractivity contribution in [3.05, 3.63) is 11.8 Å². The van der Waals surface area contributed by atoms with Gasteiger partial charge in [-0.3, -0.25) is 4.79 Å². The highest BCUT2D eigenvalue weighted by atomic mass is 16.5. The average Bonchev–Trinajstić information content (AvgIpc) is 1.98.